The van der Waals surface area contributed by atoms with Crippen LogP contribution in [0.25, 0.3) is 27.9 Å². The van der Waals surface area contributed by atoms with Gasteiger partial charge in [-0.15, -0.1) is 0 Å². The van der Waals surface area contributed by atoms with Crippen molar-refractivity contribution in [3.05, 3.63) is 78.1 Å². The van der Waals surface area contributed by atoms with Crippen LogP contribution in [0.15, 0.2) is 67.4 Å². The second-order valence-corrected chi connectivity index (χ2v) is 6.70. The highest BCUT2D eigenvalue weighted by Crippen LogP contribution is 2.32. The number of aromatic nitrogens is 6. The molecule has 0 N–H and O–H groups in total. The monoisotopic (exact) mass is 374 g/mol. The molecule has 132 valence electrons. The summed E-state index contributed by atoms with van der Waals surface area (Å²) in [7, 11) is 0. The smallest absolute Gasteiger partial charge is 0.153 e. The maximum absolute atomic E-state index is 6.22. The number of imidazole rings is 1. The lowest BCUT2D eigenvalue weighted by Crippen LogP contribution is -2.10. The molecule has 5 aromatic rings. The minimum absolute atomic E-state index is 0.0159. The van der Waals surface area contributed by atoms with Gasteiger partial charge in [-0.2, -0.15) is 5.10 Å². The van der Waals surface area contributed by atoms with Crippen molar-refractivity contribution in [2.24, 2.45) is 0 Å². The summed E-state index contributed by atoms with van der Waals surface area (Å²) in [5.41, 5.74) is 4.63. The number of rotatable bonds is 3. The van der Waals surface area contributed by atoms with E-state index >= 15 is 0 Å². The molecule has 0 unspecified atom stereocenters. The zero-order chi connectivity index (χ0) is 18.4. The first-order valence-electron chi connectivity index (χ1n) is 8.59. The number of hydrogen-bond donors (Lipinski definition) is 0. The van der Waals surface area contributed by atoms with E-state index < -0.39 is 0 Å². The molecule has 0 aliphatic carbocycles. The molecule has 0 aliphatic rings. The van der Waals surface area contributed by atoms with Crippen LogP contribution in [0.4, 0.5) is 0 Å². The van der Waals surface area contributed by atoms with Crippen LogP contribution < -0.4 is 0 Å². The average molecular weight is 375 g/mol. The summed E-state index contributed by atoms with van der Waals surface area (Å²) in [6.07, 6.45) is 7.08. The Labute approximate surface area is 160 Å². The van der Waals surface area contributed by atoms with Crippen molar-refractivity contribution in [2.75, 3.05) is 0 Å². The van der Waals surface area contributed by atoms with Gasteiger partial charge in [0.05, 0.1) is 17.1 Å². The first-order chi connectivity index (χ1) is 13.2. The standard InChI is InChI=1S/C20H15ClN6/c1-13(26-9-7-15-19(21)23-12-24-20(15)26)16-11-17-22-8-10-27(17)25-18(16)14-5-3-2-4-6-14/h2-13H,1H3/t13-/m0/s1. The summed E-state index contributed by atoms with van der Waals surface area (Å²) in [5, 5.41) is 6.11. The van der Waals surface area contributed by atoms with Crippen LogP contribution in [0.5, 0.6) is 0 Å². The van der Waals surface area contributed by atoms with E-state index in [1.807, 2.05) is 36.7 Å². The minimum atomic E-state index is -0.0159. The SMILES string of the molecule is C[C@@H](c1cc2nccn2nc1-c1ccccc1)n1ccc2c(Cl)ncnc21. The van der Waals surface area contributed by atoms with Gasteiger partial charge in [0.2, 0.25) is 0 Å². The van der Waals surface area contributed by atoms with Crippen molar-refractivity contribution in [3.63, 3.8) is 0 Å². The largest absolute Gasteiger partial charge is 0.325 e. The Balaban J connectivity index is 1.74. The zero-order valence-electron chi connectivity index (χ0n) is 14.5. The third kappa shape index (κ3) is 2.57. The van der Waals surface area contributed by atoms with Crippen molar-refractivity contribution >= 4 is 28.3 Å². The summed E-state index contributed by atoms with van der Waals surface area (Å²) in [5.74, 6) is 0. The Morgan fingerprint density at radius 3 is 2.70 bits per heavy atom. The van der Waals surface area contributed by atoms with Crippen molar-refractivity contribution in [3.8, 4) is 11.3 Å². The van der Waals surface area contributed by atoms with E-state index in [1.54, 1.807) is 10.7 Å². The van der Waals surface area contributed by atoms with E-state index in [9.17, 15) is 0 Å². The molecule has 5 rings (SSSR count). The minimum Gasteiger partial charge on any atom is -0.325 e. The molecule has 0 saturated carbocycles. The van der Waals surface area contributed by atoms with E-state index in [0.29, 0.717) is 5.15 Å². The Morgan fingerprint density at radius 2 is 1.85 bits per heavy atom. The van der Waals surface area contributed by atoms with Crippen LogP contribution in [0.2, 0.25) is 5.15 Å². The number of benzene rings is 1. The first kappa shape index (κ1) is 16.0. The third-order valence-electron chi connectivity index (χ3n) is 4.79. The lowest BCUT2D eigenvalue weighted by atomic mass is 10.0. The van der Waals surface area contributed by atoms with E-state index in [-0.39, 0.29) is 6.04 Å². The molecular formula is C20H15ClN6. The number of nitrogens with zero attached hydrogens (tertiary/aromatic N) is 6. The summed E-state index contributed by atoms with van der Waals surface area (Å²) in [4.78, 5) is 12.9. The number of fused-ring (bicyclic) bond motifs is 2. The quantitative estimate of drug-likeness (QED) is 0.439. The molecule has 0 amide bonds. The first-order valence-corrected chi connectivity index (χ1v) is 8.97. The topological polar surface area (TPSA) is 60.9 Å². The molecule has 0 fully saturated rings. The lowest BCUT2D eigenvalue weighted by Gasteiger charge is -2.19. The summed E-state index contributed by atoms with van der Waals surface area (Å²) >= 11 is 6.22. The highest BCUT2D eigenvalue weighted by molar-refractivity contribution is 6.33. The summed E-state index contributed by atoms with van der Waals surface area (Å²) in [6.45, 7) is 2.12. The highest BCUT2D eigenvalue weighted by Gasteiger charge is 2.19. The van der Waals surface area contributed by atoms with Gasteiger partial charge in [-0.05, 0) is 19.1 Å². The maximum Gasteiger partial charge on any atom is 0.153 e. The predicted octanol–water partition coefficient (Wildman–Crippen LogP) is 4.40. The van der Waals surface area contributed by atoms with Crippen molar-refractivity contribution in [1.29, 1.82) is 0 Å². The third-order valence-corrected chi connectivity index (χ3v) is 5.09. The molecule has 4 heterocycles. The van der Waals surface area contributed by atoms with E-state index in [2.05, 4.69) is 44.6 Å². The van der Waals surface area contributed by atoms with Crippen LogP contribution in [-0.2, 0) is 0 Å². The Hall–Kier alpha value is -3.25. The Kier molecular flexibility index (Phi) is 3.65. The van der Waals surface area contributed by atoms with Gasteiger partial charge in [-0.3, -0.25) is 0 Å². The van der Waals surface area contributed by atoms with E-state index in [0.717, 1.165) is 33.5 Å². The molecule has 1 atom stereocenters. The number of halogens is 1. The molecule has 0 aliphatic heterocycles. The molecular weight excluding hydrogens is 360 g/mol. The molecule has 7 heteroatoms. The Bertz CT molecular complexity index is 1260. The van der Waals surface area contributed by atoms with Gasteiger partial charge in [-0.25, -0.2) is 19.5 Å². The normalized spacial score (nSPS) is 12.7. The molecule has 0 saturated heterocycles. The molecule has 0 spiro atoms. The van der Waals surface area contributed by atoms with Crippen LogP contribution in [0.1, 0.15) is 18.5 Å². The van der Waals surface area contributed by atoms with Crippen molar-refractivity contribution in [1.82, 2.24) is 29.1 Å². The molecule has 0 bridgehead atoms. The summed E-state index contributed by atoms with van der Waals surface area (Å²) < 4.78 is 3.89. The molecule has 27 heavy (non-hydrogen) atoms. The molecule has 4 aromatic heterocycles. The van der Waals surface area contributed by atoms with Gasteiger partial charge < -0.3 is 4.57 Å². The average Bonchev–Trinajstić information content (AvgIpc) is 3.34. The lowest BCUT2D eigenvalue weighted by molar-refractivity contribution is 0.653. The van der Waals surface area contributed by atoms with Crippen molar-refractivity contribution < 1.29 is 0 Å². The van der Waals surface area contributed by atoms with Gasteiger partial charge in [0.15, 0.2) is 5.65 Å². The van der Waals surface area contributed by atoms with Gasteiger partial charge >= 0.3 is 0 Å². The second kappa shape index (κ2) is 6.17. The molecule has 1 aromatic carbocycles. The van der Waals surface area contributed by atoms with Gasteiger partial charge in [0.25, 0.3) is 0 Å². The number of hydrogen-bond acceptors (Lipinski definition) is 4. The predicted molar refractivity (Wildman–Crippen MR) is 105 cm³/mol. The molecule has 0 radical (unpaired) electrons. The highest BCUT2D eigenvalue weighted by atomic mass is 35.5. The Morgan fingerprint density at radius 1 is 1.00 bits per heavy atom. The zero-order valence-corrected chi connectivity index (χ0v) is 15.2. The fourth-order valence-electron chi connectivity index (χ4n) is 3.41. The maximum atomic E-state index is 6.22. The second-order valence-electron chi connectivity index (χ2n) is 6.35. The summed E-state index contributed by atoms with van der Waals surface area (Å²) in [6, 6.07) is 14.2. The van der Waals surface area contributed by atoms with Crippen molar-refractivity contribution in [2.45, 2.75) is 13.0 Å². The van der Waals surface area contributed by atoms with E-state index in [1.165, 1.54) is 6.33 Å². The van der Waals surface area contributed by atoms with E-state index in [4.69, 9.17) is 16.7 Å². The van der Waals surface area contributed by atoms with Crippen LogP contribution in [0.3, 0.4) is 0 Å². The van der Waals surface area contributed by atoms with Crippen LogP contribution >= 0.6 is 11.6 Å². The van der Waals surface area contributed by atoms with Gasteiger partial charge in [-0.1, -0.05) is 41.9 Å². The molecule has 6 nitrogen and oxygen atoms in total. The fourth-order valence-corrected chi connectivity index (χ4v) is 3.60. The van der Waals surface area contributed by atoms with Gasteiger partial charge in [0, 0.05) is 29.7 Å². The van der Waals surface area contributed by atoms with Crippen LogP contribution in [-0.4, -0.2) is 29.1 Å². The fraction of sp³-hybridized carbons (Fsp3) is 0.100. The van der Waals surface area contributed by atoms with Crippen LogP contribution in [0, 0.1) is 0 Å². The van der Waals surface area contributed by atoms with Gasteiger partial charge in [0.1, 0.15) is 17.1 Å².